The van der Waals surface area contributed by atoms with Crippen LogP contribution in [0.3, 0.4) is 0 Å². The number of nitrogens with one attached hydrogen (secondary N) is 4. The van der Waals surface area contributed by atoms with Gasteiger partial charge in [0.1, 0.15) is 18.1 Å². The van der Waals surface area contributed by atoms with Gasteiger partial charge in [-0.3, -0.25) is 24.1 Å². The van der Waals surface area contributed by atoms with Crippen LogP contribution in [0.1, 0.15) is 51.7 Å². The monoisotopic (exact) mass is 549 g/mol. The lowest BCUT2D eigenvalue weighted by atomic mass is 10.0. The minimum Gasteiger partial charge on any atom is -0.350 e. The number of benzene rings is 2. The third kappa shape index (κ3) is 9.79. The number of carbonyl (C=O) groups excluding carboxylic acids is 4. The molecule has 0 bridgehead atoms. The molecular formula is C31H43N5O4. The number of hydrogen-bond donors (Lipinski definition) is 4. The van der Waals surface area contributed by atoms with E-state index in [1.807, 2.05) is 86.3 Å². The van der Waals surface area contributed by atoms with Gasteiger partial charge in [0.15, 0.2) is 0 Å². The van der Waals surface area contributed by atoms with E-state index in [4.69, 9.17) is 0 Å². The maximum Gasteiger partial charge on any atom is 0.243 e. The molecule has 0 saturated carbocycles. The summed E-state index contributed by atoms with van der Waals surface area (Å²) in [6.07, 6.45) is 1.33. The summed E-state index contributed by atoms with van der Waals surface area (Å²) in [7, 11) is 0. The minimum absolute atomic E-state index is 0.0545. The number of nitrogens with zero attached hydrogens (tertiary/aromatic N) is 1. The molecule has 2 aromatic rings. The van der Waals surface area contributed by atoms with Crippen molar-refractivity contribution in [2.45, 2.75) is 77.7 Å². The van der Waals surface area contributed by atoms with E-state index in [0.29, 0.717) is 32.4 Å². The van der Waals surface area contributed by atoms with Crippen LogP contribution in [0.25, 0.3) is 0 Å². The first kappa shape index (κ1) is 30.8. The van der Waals surface area contributed by atoms with Gasteiger partial charge in [0.25, 0.3) is 0 Å². The molecule has 0 aliphatic carbocycles. The molecule has 9 nitrogen and oxygen atoms in total. The van der Waals surface area contributed by atoms with Gasteiger partial charge in [-0.25, -0.2) is 0 Å². The molecule has 3 rings (SSSR count). The van der Waals surface area contributed by atoms with Gasteiger partial charge >= 0.3 is 0 Å². The van der Waals surface area contributed by atoms with Gasteiger partial charge in [-0.1, -0.05) is 81.4 Å². The van der Waals surface area contributed by atoms with Crippen LogP contribution in [-0.2, 0) is 32.1 Å². The summed E-state index contributed by atoms with van der Waals surface area (Å²) in [5, 5.41) is 11.6. The third-order valence-corrected chi connectivity index (χ3v) is 6.96. The van der Waals surface area contributed by atoms with Crippen molar-refractivity contribution in [3.8, 4) is 0 Å². The minimum atomic E-state index is -0.848. The van der Waals surface area contributed by atoms with Crippen LogP contribution in [0.4, 0.5) is 0 Å². The maximum absolute atomic E-state index is 13.6. The molecule has 4 N–H and O–H groups in total. The predicted octanol–water partition coefficient (Wildman–Crippen LogP) is 2.16. The van der Waals surface area contributed by atoms with E-state index >= 15 is 0 Å². The summed E-state index contributed by atoms with van der Waals surface area (Å²) < 4.78 is 0. The number of hydrogen-bond acceptors (Lipinski definition) is 5. The first-order valence-corrected chi connectivity index (χ1v) is 14.1. The van der Waals surface area contributed by atoms with Crippen molar-refractivity contribution in [3.05, 3.63) is 71.8 Å². The molecule has 0 spiro atoms. The van der Waals surface area contributed by atoms with Gasteiger partial charge in [0.2, 0.25) is 23.6 Å². The van der Waals surface area contributed by atoms with Gasteiger partial charge in [-0.2, -0.15) is 0 Å². The van der Waals surface area contributed by atoms with Crippen molar-refractivity contribution >= 4 is 23.6 Å². The smallest absolute Gasteiger partial charge is 0.243 e. The lowest BCUT2D eigenvalue weighted by Crippen LogP contribution is -2.57. The quantitative estimate of drug-likeness (QED) is 0.422. The number of amides is 4. The zero-order valence-corrected chi connectivity index (χ0v) is 24.0. The Labute approximate surface area is 237 Å². The Morgan fingerprint density at radius 3 is 1.95 bits per heavy atom. The topological polar surface area (TPSA) is 120 Å². The molecule has 216 valence electrons. The largest absolute Gasteiger partial charge is 0.350 e. The van der Waals surface area contributed by atoms with Gasteiger partial charge in [0, 0.05) is 25.6 Å². The summed E-state index contributed by atoms with van der Waals surface area (Å²) in [5.41, 5.74) is 1.94. The molecule has 0 radical (unpaired) electrons. The van der Waals surface area contributed by atoms with E-state index in [2.05, 4.69) is 21.3 Å². The highest BCUT2D eigenvalue weighted by molar-refractivity contribution is 5.94. The van der Waals surface area contributed by atoms with E-state index in [0.717, 1.165) is 11.1 Å². The van der Waals surface area contributed by atoms with Crippen LogP contribution >= 0.6 is 0 Å². The van der Waals surface area contributed by atoms with Crippen molar-refractivity contribution in [2.75, 3.05) is 13.1 Å². The van der Waals surface area contributed by atoms with Crippen LogP contribution in [0.15, 0.2) is 60.7 Å². The summed E-state index contributed by atoms with van der Waals surface area (Å²) >= 11 is 0. The molecule has 1 fully saturated rings. The Morgan fingerprint density at radius 2 is 1.35 bits per heavy atom. The predicted molar refractivity (Wildman–Crippen MR) is 155 cm³/mol. The molecule has 2 aromatic carbocycles. The summed E-state index contributed by atoms with van der Waals surface area (Å²) in [6.45, 7) is 8.49. The van der Waals surface area contributed by atoms with Gasteiger partial charge in [-0.15, -0.1) is 0 Å². The average Bonchev–Trinajstić information content (AvgIpc) is 2.92. The Bertz CT molecular complexity index is 1130. The fourth-order valence-corrected chi connectivity index (χ4v) is 4.80. The normalized spacial score (nSPS) is 23.8. The van der Waals surface area contributed by atoms with Crippen molar-refractivity contribution in [3.63, 3.8) is 0 Å². The molecule has 4 atom stereocenters. The first-order valence-electron chi connectivity index (χ1n) is 14.1. The van der Waals surface area contributed by atoms with Crippen LogP contribution in [0, 0.1) is 5.92 Å². The molecule has 0 aromatic heterocycles. The van der Waals surface area contributed by atoms with Gasteiger partial charge in [0.05, 0.1) is 6.54 Å². The van der Waals surface area contributed by atoms with Crippen molar-refractivity contribution < 1.29 is 19.2 Å². The second-order valence-corrected chi connectivity index (χ2v) is 11.0. The summed E-state index contributed by atoms with van der Waals surface area (Å²) in [6, 6.07) is 16.6. The average molecular weight is 550 g/mol. The Kier molecular flexibility index (Phi) is 11.7. The molecule has 0 unspecified atom stereocenters. The molecule has 1 saturated heterocycles. The first-order chi connectivity index (χ1) is 19.1. The highest BCUT2D eigenvalue weighted by Gasteiger charge is 2.31. The zero-order valence-electron chi connectivity index (χ0n) is 24.0. The summed E-state index contributed by atoms with van der Waals surface area (Å²) in [5.74, 6) is -1.37. The standard InChI is InChI=1S/C31H43N5O4/c1-5-25-19-36(18-24-14-10-7-11-15-24)20-28(37)32-22(4)29(38)34-26(16-21(2)3)31(40)35-27(30(39)33-25)17-23-12-8-6-9-13-23/h6-15,21-22,25-27H,5,16-20H2,1-4H3,(H,32,37)(H,33,39)(H,34,38)(H,35,40)/t22-,25+,26+,27+/m1/s1. The van der Waals surface area contributed by atoms with E-state index in [-0.39, 0.29) is 30.3 Å². The highest BCUT2D eigenvalue weighted by Crippen LogP contribution is 2.11. The van der Waals surface area contributed by atoms with E-state index in [9.17, 15) is 19.2 Å². The third-order valence-electron chi connectivity index (χ3n) is 6.96. The Hall–Kier alpha value is -3.72. The van der Waals surface area contributed by atoms with Gasteiger partial charge in [-0.05, 0) is 36.8 Å². The Balaban J connectivity index is 1.93. The number of rotatable bonds is 7. The highest BCUT2D eigenvalue weighted by atomic mass is 16.2. The lowest BCUT2D eigenvalue weighted by Gasteiger charge is -2.29. The lowest BCUT2D eigenvalue weighted by molar-refractivity contribution is -0.133. The van der Waals surface area contributed by atoms with E-state index in [1.165, 1.54) is 0 Å². The molecular weight excluding hydrogens is 506 g/mol. The maximum atomic E-state index is 13.6. The van der Waals surface area contributed by atoms with Crippen LogP contribution in [0.2, 0.25) is 0 Å². The Morgan fingerprint density at radius 1 is 0.775 bits per heavy atom. The fraction of sp³-hybridized carbons (Fsp3) is 0.484. The fourth-order valence-electron chi connectivity index (χ4n) is 4.80. The zero-order chi connectivity index (χ0) is 29.1. The molecule has 4 amide bonds. The molecule has 1 aliphatic rings. The van der Waals surface area contributed by atoms with Crippen molar-refractivity contribution in [1.29, 1.82) is 0 Å². The van der Waals surface area contributed by atoms with Crippen molar-refractivity contribution in [1.82, 2.24) is 26.2 Å². The second-order valence-electron chi connectivity index (χ2n) is 11.0. The van der Waals surface area contributed by atoms with E-state index < -0.39 is 29.9 Å². The molecule has 9 heteroatoms. The molecule has 1 aliphatic heterocycles. The van der Waals surface area contributed by atoms with Crippen molar-refractivity contribution in [2.24, 2.45) is 5.92 Å². The van der Waals surface area contributed by atoms with Gasteiger partial charge < -0.3 is 21.3 Å². The van der Waals surface area contributed by atoms with Crippen LogP contribution in [-0.4, -0.2) is 65.8 Å². The molecule has 1 heterocycles. The van der Waals surface area contributed by atoms with E-state index in [1.54, 1.807) is 6.92 Å². The molecule has 40 heavy (non-hydrogen) atoms. The second kappa shape index (κ2) is 15.2. The SMILES string of the molecule is CC[C@H]1CN(Cc2ccccc2)CC(=O)N[C@H](C)C(=O)N[C@@H](CC(C)C)C(=O)N[C@@H](Cc2ccccc2)C(=O)N1. The van der Waals surface area contributed by atoms with Crippen LogP contribution in [0.5, 0.6) is 0 Å². The van der Waals surface area contributed by atoms with Crippen LogP contribution < -0.4 is 21.3 Å². The number of carbonyl (C=O) groups is 4. The summed E-state index contributed by atoms with van der Waals surface area (Å²) in [4.78, 5) is 55.1.